The van der Waals surface area contributed by atoms with E-state index in [0.717, 1.165) is 49.8 Å². The Morgan fingerprint density at radius 3 is 2.42 bits per heavy atom. The summed E-state index contributed by atoms with van der Waals surface area (Å²) in [6, 6.07) is 6.80. The SMILES string of the molecule is CN(C)Cc1ccc2c(c1)C(=O)NS2(=O)=NC(=O)Nc1c2c(cc3c1CCC3)CCC2. The van der Waals surface area contributed by atoms with Crippen LogP contribution in [0.4, 0.5) is 10.5 Å². The number of nitrogens with one attached hydrogen (secondary N) is 2. The molecule has 3 amide bonds. The quantitative estimate of drug-likeness (QED) is 0.768. The highest BCUT2D eigenvalue weighted by Gasteiger charge is 2.33. The molecule has 2 N–H and O–H groups in total. The molecular formula is C23H26N4O3S. The summed E-state index contributed by atoms with van der Waals surface area (Å²) in [4.78, 5) is 27.6. The van der Waals surface area contributed by atoms with Crippen LogP contribution in [0.2, 0.25) is 0 Å². The summed E-state index contributed by atoms with van der Waals surface area (Å²) < 4.78 is 19.9. The van der Waals surface area contributed by atoms with Crippen molar-refractivity contribution in [2.45, 2.75) is 50.0 Å². The lowest BCUT2D eigenvalue weighted by Crippen LogP contribution is -2.23. The zero-order chi connectivity index (χ0) is 21.8. The first-order valence-corrected chi connectivity index (χ1v) is 12.2. The Balaban J connectivity index is 1.49. The van der Waals surface area contributed by atoms with Gasteiger partial charge in [-0.25, -0.2) is 9.00 Å². The van der Waals surface area contributed by atoms with Crippen molar-refractivity contribution in [3.05, 3.63) is 57.6 Å². The minimum absolute atomic E-state index is 0.277. The van der Waals surface area contributed by atoms with Gasteiger partial charge in [0.1, 0.15) is 0 Å². The predicted molar refractivity (Wildman–Crippen MR) is 120 cm³/mol. The first-order valence-electron chi connectivity index (χ1n) is 10.7. The highest BCUT2D eigenvalue weighted by atomic mass is 32.2. The first-order chi connectivity index (χ1) is 14.8. The van der Waals surface area contributed by atoms with Gasteiger partial charge in [0.25, 0.3) is 5.91 Å². The largest absolute Gasteiger partial charge is 0.355 e. The van der Waals surface area contributed by atoms with E-state index in [0.29, 0.717) is 12.1 Å². The molecule has 2 aliphatic carbocycles. The van der Waals surface area contributed by atoms with E-state index in [4.69, 9.17) is 0 Å². The Morgan fingerprint density at radius 1 is 1.10 bits per heavy atom. The molecule has 0 radical (unpaired) electrons. The van der Waals surface area contributed by atoms with E-state index >= 15 is 0 Å². The van der Waals surface area contributed by atoms with E-state index in [1.54, 1.807) is 12.1 Å². The number of urea groups is 1. The van der Waals surface area contributed by atoms with Gasteiger partial charge in [0, 0.05) is 12.2 Å². The standard InChI is InChI=1S/C23H26N4O3S/c1-27(2)13-14-9-10-20-19(11-14)22(28)25-31(20,30)26-23(29)24-21-17-7-3-5-15(17)12-16-6-4-8-18(16)21/h9-12H,3-8,13H2,1-2H3,(H2,24,25,26,28,29,30). The molecule has 5 rings (SSSR count). The van der Waals surface area contributed by atoms with Gasteiger partial charge in [0.05, 0.1) is 10.5 Å². The summed E-state index contributed by atoms with van der Waals surface area (Å²) >= 11 is 0. The zero-order valence-electron chi connectivity index (χ0n) is 17.8. The number of rotatable bonds is 3. The van der Waals surface area contributed by atoms with E-state index in [-0.39, 0.29) is 4.90 Å². The first kappa shape index (κ1) is 20.2. The highest BCUT2D eigenvalue weighted by molar-refractivity contribution is 7.93. The lowest BCUT2D eigenvalue weighted by molar-refractivity contribution is 0.0985. The van der Waals surface area contributed by atoms with Gasteiger partial charge in [-0.1, -0.05) is 12.1 Å². The van der Waals surface area contributed by atoms with Crippen LogP contribution < -0.4 is 10.0 Å². The Hall–Kier alpha value is -2.71. The summed E-state index contributed by atoms with van der Waals surface area (Å²) in [7, 11) is 0.520. The zero-order valence-corrected chi connectivity index (χ0v) is 18.6. The third-order valence-corrected chi connectivity index (χ3v) is 8.07. The molecule has 2 aromatic carbocycles. The van der Waals surface area contributed by atoms with Gasteiger partial charge in [0.2, 0.25) is 0 Å². The monoisotopic (exact) mass is 438 g/mol. The van der Waals surface area contributed by atoms with Gasteiger partial charge in [-0.15, -0.1) is 4.36 Å². The van der Waals surface area contributed by atoms with Crippen LogP contribution in [0.15, 0.2) is 33.5 Å². The smallest absolute Gasteiger partial charge is 0.305 e. The van der Waals surface area contributed by atoms with Crippen LogP contribution in [-0.4, -0.2) is 35.1 Å². The minimum Gasteiger partial charge on any atom is -0.305 e. The number of carbonyl (C=O) groups excluding carboxylic acids is 2. The van der Waals surface area contributed by atoms with Crippen LogP contribution in [0.1, 0.15) is 51.0 Å². The molecule has 162 valence electrons. The van der Waals surface area contributed by atoms with E-state index < -0.39 is 21.9 Å². The van der Waals surface area contributed by atoms with Crippen molar-refractivity contribution in [1.29, 1.82) is 0 Å². The van der Waals surface area contributed by atoms with Crippen LogP contribution in [0.5, 0.6) is 0 Å². The number of hydrogen-bond acceptors (Lipinski definition) is 4. The van der Waals surface area contributed by atoms with E-state index in [9.17, 15) is 13.8 Å². The number of aryl methyl sites for hydroxylation is 2. The van der Waals surface area contributed by atoms with Crippen LogP contribution in [0.25, 0.3) is 0 Å². The number of anilines is 1. The molecule has 0 saturated carbocycles. The van der Waals surface area contributed by atoms with Crippen molar-refractivity contribution < 1.29 is 13.8 Å². The van der Waals surface area contributed by atoms with Gasteiger partial charge < -0.3 is 10.2 Å². The van der Waals surface area contributed by atoms with Crippen LogP contribution in [-0.2, 0) is 42.1 Å². The summed E-state index contributed by atoms with van der Waals surface area (Å²) in [5, 5.41) is 2.94. The fourth-order valence-corrected chi connectivity index (χ4v) is 6.58. The van der Waals surface area contributed by atoms with Crippen molar-refractivity contribution >= 4 is 27.5 Å². The fraction of sp³-hybridized carbons (Fsp3) is 0.391. The molecule has 0 aromatic heterocycles. The number of fused-ring (bicyclic) bond motifs is 3. The van der Waals surface area contributed by atoms with Crippen molar-refractivity contribution in [3.63, 3.8) is 0 Å². The second-order valence-corrected chi connectivity index (χ2v) is 10.7. The third kappa shape index (κ3) is 3.53. The predicted octanol–water partition coefficient (Wildman–Crippen LogP) is 3.44. The third-order valence-electron chi connectivity index (χ3n) is 6.23. The summed E-state index contributed by atoms with van der Waals surface area (Å²) in [5.74, 6) is -0.460. The molecule has 31 heavy (non-hydrogen) atoms. The number of benzene rings is 2. The van der Waals surface area contributed by atoms with Crippen molar-refractivity contribution in [1.82, 2.24) is 9.62 Å². The van der Waals surface area contributed by atoms with Crippen molar-refractivity contribution in [2.24, 2.45) is 4.36 Å². The number of amides is 3. The number of nitrogens with zero attached hydrogens (tertiary/aromatic N) is 2. The number of carbonyl (C=O) groups is 2. The molecule has 2 aromatic rings. The molecule has 1 atom stereocenters. The molecule has 0 fully saturated rings. The van der Waals surface area contributed by atoms with E-state index in [2.05, 4.69) is 20.5 Å². The average molecular weight is 439 g/mol. The molecule has 1 unspecified atom stereocenters. The fourth-order valence-electron chi connectivity index (χ4n) is 4.98. The summed E-state index contributed by atoms with van der Waals surface area (Å²) in [6.45, 7) is 0.656. The average Bonchev–Trinajstić information content (AvgIpc) is 3.40. The lowest BCUT2D eigenvalue weighted by Gasteiger charge is -2.15. The topological polar surface area (TPSA) is 90.9 Å². The highest BCUT2D eigenvalue weighted by Crippen LogP contribution is 2.38. The van der Waals surface area contributed by atoms with Crippen molar-refractivity contribution in [2.75, 3.05) is 19.4 Å². The van der Waals surface area contributed by atoms with Crippen molar-refractivity contribution in [3.8, 4) is 0 Å². The molecule has 0 bridgehead atoms. The Morgan fingerprint density at radius 2 is 1.77 bits per heavy atom. The molecule has 1 heterocycles. The second-order valence-electron chi connectivity index (χ2n) is 8.78. The maximum Gasteiger partial charge on any atom is 0.355 e. The van der Waals surface area contributed by atoms with Crippen LogP contribution in [0.3, 0.4) is 0 Å². The van der Waals surface area contributed by atoms with Crippen LogP contribution >= 0.6 is 0 Å². The lowest BCUT2D eigenvalue weighted by atomic mass is 9.99. The number of hydrogen-bond donors (Lipinski definition) is 2. The van der Waals surface area contributed by atoms with Gasteiger partial charge in [-0.05, 0) is 92.6 Å². The molecule has 7 nitrogen and oxygen atoms in total. The maximum absolute atomic E-state index is 13.5. The van der Waals surface area contributed by atoms with Gasteiger partial charge in [0.15, 0.2) is 9.92 Å². The molecule has 8 heteroatoms. The van der Waals surface area contributed by atoms with Gasteiger partial charge in [-0.3, -0.25) is 9.52 Å². The Bertz CT molecular complexity index is 1210. The normalized spacial score (nSPS) is 20.9. The molecular weight excluding hydrogens is 412 g/mol. The van der Waals surface area contributed by atoms with Crippen LogP contribution in [0, 0.1) is 0 Å². The Kier molecular flexibility index (Phi) is 4.86. The molecule has 3 aliphatic rings. The summed E-state index contributed by atoms with van der Waals surface area (Å²) in [6.07, 6.45) is 6.07. The Labute approximate surface area is 182 Å². The molecule has 0 saturated heterocycles. The van der Waals surface area contributed by atoms with Gasteiger partial charge in [-0.2, -0.15) is 0 Å². The second kappa shape index (κ2) is 7.46. The molecule has 0 spiro atoms. The van der Waals surface area contributed by atoms with Gasteiger partial charge >= 0.3 is 6.03 Å². The molecule has 1 aliphatic heterocycles. The van der Waals surface area contributed by atoms with E-state index in [1.165, 1.54) is 22.3 Å². The maximum atomic E-state index is 13.5. The minimum atomic E-state index is -3.36. The summed E-state index contributed by atoms with van der Waals surface area (Å²) in [5.41, 5.74) is 7.07. The van der Waals surface area contributed by atoms with E-state index in [1.807, 2.05) is 25.1 Å².